The third-order valence-electron chi connectivity index (χ3n) is 2.00. The highest BCUT2D eigenvalue weighted by atomic mass is 79.9. The molecule has 1 aromatic heterocycles. The van der Waals surface area contributed by atoms with E-state index in [1.165, 1.54) is 0 Å². The molecule has 0 bridgehead atoms. The smallest absolute Gasteiger partial charge is 0.242 e. The van der Waals surface area contributed by atoms with Crippen molar-refractivity contribution in [3.05, 3.63) is 22.9 Å². The minimum absolute atomic E-state index is 0.0411. The summed E-state index contributed by atoms with van der Waals surface area (Å²) in [7, 11) is 1.66. The van der Waals surface area contributed by atoms with Crippen molar-refractivity contribution in [3.8, 4) is 0 Å². The number of hydrogen-bond donors (Lipinski definition) is 1. The molecule has 0 saturated heterocycles. The highest BCUT2D eigenvalue weighted by Crippen LogP contribution is 2.19. The van der Waals surface area contributed by atoms with Crippen molar-refractivity contribution in [3.63, 3.8) is 0 Å². The largest absolute Gasteiger partial charge is 0.357 e. The summed E-state index contributed by atoms with van der Waals surface area (Å²) in [4.78, 5) is 11.4. The summed E-state index contributed by atoms with van der Waals surface area (Å²) in [5.41, 5.74) is 0. The fourth-order valence-electron chi connectivity index (χ4n) is 1.30. The van der Waals surface area contributed by atoms with Gasteiger partial charge in [-0.15, -0.1) is 0 Å². The Morgan fingerprint density at radius 2 is 2.46 bits per heavy atom. The van der Waals surface area contributed by atoms with Crippen LogP contribution in [0.1, 0.15) is 19.4 Å². The molecule has 1 aromatic rings. The van der Waals surface area contributed by atoms with Gasteiger partial charge in [0.1, 0.15) is 6.04 Å². The van der Waals surface area contributed by atoms with E-state index in [-0.39, 0.29) is 11.9 Å². The van der Waals surface area contributed by atoms with E-state index in [2.05, 4.69) is 21.2 Å². The molecule has 0 fully saturated rings. The van der Waals surface area contributed by atoms with Crippen LogP contribution in [0.15, 0.2) is 22.9 Å². The molecular weight excluding hydrogens is 232 g/mol. The third-order valence-corrected chi connectivity index (χ3v) is 2.67. The van der Waals surface area contributed by atoms with Gasteiger partial charge in [0.05, 0.1) is 4.60 Å². The van der Waals surface area contributed by atoms with Gasteiger partial charge in [-0.05, 0) is 34.5 Å². The van der Waals surface area contributed by atoms with E-state index in [1.807, 2.05) is 29.8 Å². The van der Waals surface area contributed by atoms with Crippen molar-refractivity contribution in [1.29, 1.82) is 0 Å². The maximum Gasteiger partial charge on any atom is 0.242 e. The highest BCUT2D eigenvalue weighted by Gasteiger charge is 2.17. The second-order valence-corrected chi connectivity index (χ2v) is 3.59. The van der Waals surface area contributed by atoms with Gasteiger partial charge in [0.15, 0.2) is 0 Å². The Morgan fingerprint density at radius 1 is 1.77 bits per heavy atom. The number of halogens is 1. The Labute approximate surface area is 86.3 Å². The molecule has 13 heavy (non-hydrogen) atoms. The number of likely N-dealkylation sites (N-methyl/N-ethyl adjacent to an activating group) is 1. The topological polar surface area (TPSA) is 34.0 Å². The molecule has 1 amide bonds. The van der Waals surface area contributed by atoms with E-state index < -0.39 is 0 Å². The standard InChI is InChI=1S/C9H13BrN2O/c1-3-7(9(13)11-2)12-6-4-5-8(12)10/h4-7H,3H2,1-2H3,(H,11,13)/t7-/m0/s1. The van der Waals surface area contributed by atoms with Gasteiger partial charge >= 0.3 is 0 Å². The van der Waals surface area contributed by atoms with Crippen LogP contribution in [0.5, 0.6) is 0 Å². The molecule has 4 heteroatoms. The quantitative estimate of drug-likeness (QED) is 0.867. The van der Waals surface area contributed by atoms with Crippen LogP contribution < -0.4 is 5.32 Å². The molecule has 1 heterocycles. The molecule has 72 valence electrons. The highest BCUT2D eigenvalue weighted by molar-refractivity contribution is 9.10. The molecule has 0 saturated carbocycles. The molecule has 0 aliphatic carbocycles. The first-order chi connectivity index (χ1) is 6.20. The van der Waals surface area contributed by atoms with Gasteiger partial charge in [0.2, 0.25) is 5.91 Å². The molecule has 0 aliphatic heterocycles. The molecule has 0 aromatic carbocycles. The Bertz CT molecular complexity index is 296. The maximum atomic E-state index is 11.4. The number of amides is 1. The summed E-state index contributed by atoms with van der Waals surface area (Å²) in [6.07, 6.45) is 2.68. The van der Waals surface area contributed by atoms with Crippen LogP contribution >= 0.6 is 15.9 Å². The summed E-state index contributed by atoms with van der Waals surface area (Å²) >= 11 is 3.39. The van der Waals surface area contributed by atoms with E-state index in [0.29, 0.717) is 0 Å². The second-order valence-electron chi connectivity index (χ2n) is 2.78. The van der Waals surface area contributed by atoms with Crippen molar-refractivity contribution < 1.29 is 4.79 Å². The summed E-state index contributed by atoms with van der Waals surface area (Å²) < 4.78 is 2.85. The van der Waals surface area contributed by atoms with Gasteiger partial charge in [-0.25, -0.2) is 0 Å². The van der Waals surface area contributed by atoms with Crippen molar-refractivity contribution in [1.82, 2.24) is 9.88 Å². The molecule has 0 unspecified atom stereocenters. The zero-order valence-electron chi connectivity index (χ0n) is 7.75. The summed E-state index contributed by atoms with van der Waals surface area (Å²) in [6, 6.07) is 3.72. The third kappa shape index (κ3) is 2.12. The van der Waals surface area contributed by atoms with Crippen molar-refractivity contribution in [2.24, 2.45) is 0 Å². The number of nitrogens with zero attached hydrogens (tertiary/aromatic N) is 1. The Morgan fingerprint density at radius 3 is 2.85 bits per heavy atom. The second kappa shape index (κ2) is 4.46. The average molecular weight is 245 g/mol. The number of rotatable bonds is 3. The lowest BCUT2D eigenvalue weighted by atomic mass is 10.2. The molecule has 0 radical (unpaired) electrons. The Hall–Kier alpha value is -0.770. The van der Waals surface area contributed by atoms with Crippen LogP contribution in [0.3, 0.4) is 0 Å². The maximum absolute atomic E-state index is 11.4. The van der Waals surface area contributed by atoms with Crippen LogP contribution in [0.4, 0.5) is 0 Å². The molecule has 1 rings (SSSR count). The molecule has 1 N–H and O–H groups in total. The lowest BCUT2D eigenvalue weighted by Crippen LogP contribution is -2.29. The molecule has 3 nitrogen and oxygen atoms in total. The van der Waals surface area contributed by atoms with Crippen LogP contribution in [0, 0.1) is 0 Å². The lowest BCUT2D eigenvalue weighted by molar-refractivity contribution is -0.123. The first kappa shape index (κ1) is 10.3. The van der Waals surface area contributed by atoms with Gasteiger partial charge in [0, 0.05) is 13.2 Å². The predicted octanol–water partition coefficient (Wildman–Crippen LogP) is 1.95. The normalized spacial score (nSPS) is 12.5. The summed E-state index contributed by atoms with van der Waals surface area (Å²) in [6.45, 7) is 1.99. The SMILES string of the molecule is CC[C@@H](C(=O)NC)n1cccc1Br. The monoisotopic (exact) mass is 244 g/mol. The molecule has 0 aliphatic rings. The van der Waals surface area contributed by atoms with E-state index >= 15 is 0 Å². The zero-order chi connectivity index (χ0) is 9.84. The van der Waals surface area contributed by atoms with Gasteiger partial charge < -0.3 is 9.88 Å². The van der Waals surface area contributed by atoms with Crippen molar-refractivity contribution in [2.45, 2.75) is 19.4 Å². The van der Waals surface area contributed by atoms with Crippen LogP contribution in [0.2, 0.25) is 0 Å². The van der Waals surface area contributed by atoms with Gasteiger partial charge in [-0.1, -0.05) is 6.92 Å². The fourth-order valence-corrected chi connectivity index (χ4v) is 1.82. The average Bonchev–Trinajstić information content (AvgIpc) is 2.53. The van der Waals surface area contributed by atoms with Gasteiger partial charge in [-0.2, -0.15) is 0 Å². The fraction of sp³-hybridized carbons (Fsp3) is 0.444. The minimum Gasteiger partial charge on any atom is -0.357 e. The Balaban J connectivity index is 2.90. The van der Waals surface area contributed by atoms with Crippen molar-refractivity contribution in [2.75, 3.05) is 7.05 Å². The molecule has 0 spiro atoms. The minimum atomic E-state index is -0.116. The number of carbonyl (C=O) groups excluding carboxylic acids is 1. The van der Waals surface area contributed by atoms with Gasteiger partial charge in [-0.3, -0.25) is 4.79 Å². The summed E-state index contributed by atoms with van der Waals surface area (Å²) in [5.74, 6) is 0.0411. The van der Waals surface area contributed by atoms with E-state index in [4.69, 9.17) is 0 Å². The lowest BCUT2D eigenvalue weighted by Gasteiger charge is -2.16. The van der Waals surface area contributed by atoms with E-state index in [9.17, 15) is 4.79 Å². The Kier molecular flexibility index (Phi) is 3.54. The first-order valence-corrected chi connectivity index (χ1v) is 5.04. The van der Waals surface area contributed by atoms with Crippen LogP contribution in [-0.4, -0.2) is 17.5 Å². The van der Waals surface area contributed by atoms with Crippen molar-refractivity contribution >= 4 is 21.8 Å². The number of hydrogen-bond acceptors (Lipinski definition) is 1. The predicted molar refractivity (Wildman–Crippen MR) is 55.5 cm³/mol. The molecule has 1 atom stereocenters. The van der Waals surface area contributed by atoms with E-state index in [0.717, 1.165) is 11.0 Å². The zero-order valence-corrected chi connectivity index (χ0v) is 9.34. The number of nitrogens with one attached hydrogen (secondary N) is 1. The van der Waals surface area contributed by atoms with Gasteiger partial charge in [0.25, 0.3) is 0 Å². The first-order valence-electron chi connectivity index (χ1n) is 4.24. The van der Waals surface area contributed by atoms with E-state index in [1.54, 1.807) is 7.05 Å². The number of carbonyl (C=O) groups is 1. The summed E-state index contributed by atoms with van der Waals surface area (Å²) in [5, 5.41) is 2.65. The van der Waals surface area contributed by atoms with Crippen LogP contribution in [0.25, 0.3) is 0 Å². The van der Waals surface area contributed by atoms with Crippen LogP contribution in [-0.2, 0) is 4.79 Å². The number of aromatic nitrogens is 1. The molecular formula is C9H13BrN2O.